The monoisotopic (exact) mass is 491 g/mol. The van der Waals surface area contributed by atoms with Gasteiger partial charge in [0.05, 0.1) is 11.1 Å². The van der Waals surface area contributed by atoms with Crippen molar-refractivity contribution in [1.82, 2.24) is 0 Å². The molecule has 0 bridgehead atoms. The van der Waals surface area contributed by atoms with E-state index in [1.807, 2.05) is 12.1 Å². The quantitative estimate of drug-likeness (QED) is 0.0836. The summed E-state index contributed by atoms with van der Waals surface area (Å²) in [5.41, 5.74) is 23.6. The molecule has 0 aliphatic heterocycles. The van der Waals surface area contributed by atoms with Crippen molar-refractivity contribution < 1.29 is 23.6 Å². The van der Waals surface area contributed by atoms with Crippen molar-refractivity contribution in [3.8, 4) is 11.5 Å². The molecular formula is C20H14N9O5P. The summed E-state index contributed by atoms with van der Waals surface area (Å²) >= 11 is 0. The second kappa shape index (κ2) is 13.3. The van der Waals surface area contributed by atoms with Gasteiger partial charge >= 0.3 is 19.5 Å². The average Bonchev–Trinajstić information content (AvgIpc) is 2.86. The van der Waals surface area contributed by atoms with Crippen molar-refractivity contribution in [3.63, 3.8) is 0 Å². The fraction of sp³-hybridized carbons (Fsp3) is 0. The lowest BCUT2D eigenvalue weighted by molar-refractivity contribution is 0.0692. The van der Waals surface area contributed by atoms with Gasteiger partial charge in [-0.3, -0.25) is 0 Å². The Bertz CT molecular complexity index is 1260. The molecule has 35 heavy (non-hydrogen) atoms. The molecule has 15 heteroatoms. The number of carbonyl (C=O) groups excluding carboxylic acids is 2. The van der Waals surface area contributed by atoms with Crippen molar-refractivity contribution in [1.29, 1.82) is 0 Å². The van der Waals surface area contributed by atoms with E-state index in [-0.39, 0.29) is 11.1 Å². The van der Waals surface area contributed by atoms with Crippen LogP contribution in [0.4, 0.5) is 0 Å². The van der Waals surface area contributed by atoms with Crippen molar-refractivity contribution >= 4 is 19.5 Å². The molecular weight excluding hydrogens is 477 g/mol. The van der Waals surface area contributed by atoms with Gasteiger partial charge in [0.2, 0.25) is 0 Å². The van der Waals surface area contributed by atoms with Crippen molar-refractivity contribution in [2.75, 3.05) is 0 Å². The van der Waals surface area contributed by atoms with Crippen LogP contribution in [0.1, 0.15) is 20.7 Å². The van der Waals surface area contributed by atoms with Gasteiger partial charge in [-0.1, -0.05) is 48.5 Å². The zero-order valence-electron chi connectivity index (χ0n) is 17.6. The van der Waals surface area contributed by atoms with Crippen LogP contribution in [0, 0.1) is 0 Å². The number of ether oxygens (including phenoxy) is 2. The molecule has 14 nitrogen and oxygen atoms in total. The molecule has 3 aromatic rings. The predicted octanol–water partition coefficient (Wildman–Crippen LogP) is 7.15. The number of nitrogens with zero attached hydrogens (tertiary/aromatic N) is 9. The second-order valence-corrected chi connectivity index (χ2v) is 7.56. The molecule has 0 spiro atoms. The SMILES string of the molecule is O=C(Oc1ccccc1)c1ccccc1C(=O)Oc1ccccc1.[N-]=[N+]=NP(=O)(N=[N+]=[N-])N=[N+]=[N-]. The highest BCUT2D eigenvalue weighted by Crippen LogP contribution is 2.51. The molecule has 0 aliphatic carbocycles. The topological polar surface area (TPSA) is 216 Å². The predicted molar refractivity (Wildman–Crippen MR) is 124 cm³/mol. The molecule has 0 N–H and O–H groups in total. The molecule has 0 heterocycles. The number of carbonyl (C=O) groups is 2. The number of para-hydroxylation sites is 2. The second-order valence-electron chi connectivity index (χ2n) is 6.00. The Balaban J connectivity index is 0.000000334. The minimum Gasteiger partial charge on any atom is -0.423 e. The summed E-state index contributed by atoms with van der Waals surface area (Å²) in [6.45, 7) is 0. The van der Waals surface area contributed by atoms with Crippen molar-refractivity contribution in [2.24, 2.45) is 14.7 Å². The molecule has 0 atom stereocenters. The van der Waals surface area contributed by atoms with Crippen LogP contribution < -0.4 is 9.47 Å². The van der Waals surface area contributed by atoms with Gasteiger partial charge < -0.3 is 14.0 Å². The van der Waals surface area contributed by atoms with Gasteiger partial charge in [-0.25, -0.2) is 9.59 Å². The van der Waals surface area contributed by atoms with Crippen LogP contribution in [0.15, 0.2) is 99.6 Å². The lowest BCUT2D eigenvalue weighted by Gasteiger charge is -2.09. The van der Waals surface area contributed by atoms with Gasteiger partial charge in [-0.2, -0.15) is 0 Å². The summed E-state index contributed by atoms with van der Waals surface area (Å²) in [5, 5.41) is 0. The van der Waals surface area contributed by atoms with Crippen LogP contribution in [0.2, 0.25) is 0 Å². The summed E-state index contributed by atoms with van der Waals surface area (Å²) in [4.78, 5) is 38.5. The molecule has 0 amide bonds. The van der Waals surface area contributed by atoms with E-state index in [0.29, 0.717) is 11.5 Å². The van der Waals surface area contributed by atoms with Gasteiger partial charge in [-0.15, -0.1) is 0 Å². The van der Waals surface area contributed by atoms with Crippen molar-refractivity contribution in [2.45, 2.75) is 0 Å². The summed E-state index contributed by atoms with van der Waals surface area (Å²) < 4.78 is 21.3. The Labute approximate surface area is 197 Å². The molecule has 0 fully saturated rings. The Hall–Kier alpha value is -5.24. The maximum atomic E-state index is 12.4. The average molecular weight is 491 g/mol. The van der Waals surface area contributed by atoms with Crippen molar-refractivity contribution in [3.05, 3.63) is 127 Å². The first-order chi connectivity index (χ1) is 16.9. The van der Waals surface area contributed by atoms with Crippen LogP contribution in [0.3, 0.4) is 0 Å². The molecule has 3 rings (SSSR count). The zero-order valence-corrected chi connectivity index (χ0v) is 18.5. The van der Waals surface area contributed by atoms with E-state index in [2.05, 4.69) is 29.4 Å². The fourth-order valence-electron chi connectivity index (χ4n) is 2.35. The number of hydrogen-bond acceptors (Lipinski definition) is 5. The van der Waals surface area contributed by atoms with Gasteiger partial charge in [0.15, 0.2) is 0 Å². The summed E-state index contributed by atoms with van der Waals surface area (Å²) in [6, 6.07) is 23.8. The first kappa shape index (κ1) is 26.0. The Kier molecular flexibility index (Phi) is 9.92. The standard InChI is InChI=1S/C20H14O4.N9OP/c21-19(23-15-9-3-1-4-10-15)17-13-7-8-14-18(17)20(22)24-16-11-5-2-6-12-16;1-4-7-11(10,8-5-2)9-6-3/h1-14H;. The Morgan fingerprint density at radius 3 is 1.23 bits per heavy atom. The van der Waals surface area contributed by atoms with Crippen LogP contribution >= 0.6 is 7.59 Å². The van der Waals surface area contributed by atoms with Crippen LogP contribution in [0.5, 0.6) is 11.5 Å². The van der Waals surface area contributed by atoms with E-state index in [1.54, 1.807) is 60.7 Å². The first-order valence-corrected chi connectivity index (χ1v) is 10.9. The molecule has 0 saturated heterocycles. The molecule has 3 aromatic carbocycles. The minimum atomic E-state index is -4.09. The van der Waals surface area contributed by atoms with E-state index >= 15 is 0 Å². The lowest BCUT2D eigenvalue weighted by Crippen LogP contribution is -2.17. The van der Waals surface area contributed by atoms with Crippen LogP contribution in [0.25, 0.3) is 31.3 Å². The van der Waals surface area contributed by atoms with E-state index in [4.69, 9.17) is 26.1 Å². The van der Waals surface area contributed by atoms with Gasteiger partial charge in [0.1, 0.15) is 11.5 Å². The highest BCUT2D eigenvalue weighted by molar-refractivity contribution is 7.59. The molecule has 0 saturated carbocycles. The first-order valence-electron chi connectivity index (χ1n) is 9.36. The van der Waals surface area contributed by atoms with Crippen LogP contribution in [-0.4, -0.2) is 11.9 Å². The van der Waals surface area contributed by atoms with Crippen LogP contribution in [-0.2, 0) is 4.57 Å². The Morgan fingerprint density at radius 1 is 0.600 bits per heavy atom. The zero-order chi connectivity index (χ0) is 25.5. The maximum Gasteiger partial charge on any atom is 0.344 e. The molecule has 0 radical (unpaired) electrons. The molecule has 174 valence electrons. The summed E-state index contributed by atoms with van der Waals surface area (Å²) in [5.74, 6) is -0.397. The maximum absolute atomic E-state index is 12.4. The third kappa shape index (κ3) is 8.32. The largest absolute Gasteiger partial charge is 0.423 e. The Morgan fingerprint density at radius 2 is 0.914 bits per heavy atom. The van der Waals surface area contributed by atoms with Gasteiger partial charge in [-0.05, 0) is 67.6 Å². The normalized spacial score (nSPS) is 10.9. The number of esters is 2. The highest BCUT2D eigenvalue weighted by Gasteiger charge is 2.20. The smallest absolute Gasteiger partial charge is 0.344 e. The third-order valence-corrected chi connectivity index (χ3v) is 4.68. The minimum absolute atomic E-state index is 0.155. The van der Waals surface area contributed by atoms with E-state index in [9.17, 15) is 14.2 Å². The molecule has 0 unspecified atom stereocenters. The van der Waals surface area contributed by atoms with E-state index in [1.165, 1.54) is 12.1 Å². The summed E-state index contributed by atoms with van der Waals surface area (Å²) in [6.07, 6.45) is 0. The highest BCUT2D eigenvalue weighted by atomic mass is 31.2. The number of benzene rings is 3. The number of rotatable bonds is 7. The summed E-state index contributed by atoms with van der Waals surface area (Å²) in [7, 11) is -4.09. The number of hydrogen-bond donors (Lipinski definition) is 0. The van der Waals surface area contributed by atoms with Gasteiger partial charge in [0, 0.05) is 14.7 Å². The molecule has 0 aromatic heterocycles. The fourth-order valence-corrected chi connectivity index (χ4v) is 2.77. The van der Waals surface area contributed by atoms with E-state index in [0.717, 1.165) is 0 Å². The molecule has 0 aliphatic rings. The number of azide groups is 1. The van der Waals surface area contributed by atoms with E-state index < -0.39 is 19.5 Å². The van der Waals surface area contributed by atoms with Gasteiger partial charge in [0.25, 0.3) is 0 Å². The lowest BCUT2D eigenvalue weighted by atomic mass is 10.1. The third-order valence-electron chi connectivity index (χ3n) is 3.74.